The highest BCUT2D eigenvalue weighted by molar-refractivity contribution is 4.77. The lowest BCUT2D eigenvalue weighted by molar-refractivity contribution is 0.154. The lowest BCUT2D eigenvalue weighted by atomic mass is 10.1. The van der Waals surface area contributed by atoms with Gasteiger partial charge in [0.25, 0.3) is 0 Å². The minimum Gasteiger partial charge on any atom is -0.315 e. The fourth-order valence-electron chi connectivity index (χ4n) is 2.02. The number of nitrogens with zero attached hydrogens (tertiary/aromatic N) is 1. The van der Waals surface area contributed by atoms with Gasteiger partial charge in [0.2, 0.25) is 0 Å². The van der Waals surface area contributed by atoms with Crippen LogP contribution >= 0.6 is 0 Å². The van der Waals surface area contributed by atoms with Crippen molar-refractivity contribution in [3.8, 4) is 0 Å². The summed E-state index contributed by atoms with van der Waals surface area (Å²) in [5.41, 5.74) is 0. The van der Waals surface area contributed by atoms with E-state index in [-0.39, 0.29) is 6.67 Å². The minimum atomic E-state index is -0.212. The Morgan fingerprint density at radius 1 is 1.46 bits per heavy atom. The second-order valence-corrected chi connectivity index (χ2v) is 3.73. The fourth-order valence-corrected chi connectivity index (χ4v) is 2.02. The first-order valence-corrected chi connectivity index (χ1v) is 5.39. The van der Waals surface area contributed by atoms with Gasteiger partial charge in [-0.3, -0.25) is 4.90 Å². The zero-order valence-corrected chi connectivity index (χ0v) is 8.56. The molecule has 1 saturated heterocycles. The van der Waals surface area contributed by atoms with Crippen molar-refractivity contribution in [1.82, 2.24) is 10.2 Å². The van der Waals surface area contributed by atoms with E-state index in [4.69, 9.17) is 0 Å². The van der Waals surface area contributed by atoms with Gasteiger partial charge >= 0.3 is 0 Å². The van der Waals surface area contributed by atoms with E-state index in [1.54, 1.807) is 0 Å². The van der Waals surface area contributed by atoms with Crippen molar-refractivity contribution in [2.75, 3.05) is 32.9 Å². The third-order valence-corrected chi connectivity index (χ3v) is 2.67. The zero-order chi connectivity index (χ0) is 9.52. The molecule has 1 atom stereocenters. The summed E-state index contributed by atoms with van der Waals surface area (Å²) in [6.07, 6.45) is 3.58. The van der Waals surface area contributed by atoms with Crippen molar-refractivity contribution < 1.29 is 4.39 Å². The van der Waals surface area contributed by atoms with Crippen molar-refractivity contribution in [3.05, 3.63) is 0 Å². The quantitative estimate of drug-likeness (QED) is 0.702. The molecule has 0 aromatic rings. The summed E-state index contributed by atoms with van der Waals surface area (Å²) in [4.78, 5) is 2.28. The first-order chi connectivity index (χ1) is 6.38. The molecule has 78 valence electrons. The van der Waals surface area contributed by atoms with Crippen molar-refractivity contribution in [1.29, 1.82) is 0 Å². The third kappa shape index (κ3) is 3.61. The highest BCUT2D eigenvalue weighted by Crippen LogP contribution is 2.10. The normalized spacial score (nSPS) is 23.8. The van der Waals surface area contributed by atoms with Crippen LogP contribution in [0.1, 0.15) is 26.2 Å². The van der Waals surface area contributed by atoms with E-state index in [1.165, 1.54) is 12.8 Å². The summed E-state index contributed by atoms with van der Waals surface area (Å²) in [6, 6.07) is 0.574. The average Bonchev–Trinajstić information content (AvgIpc) is 2.19. The van der Waals surface area contributed by atoms with Gasteiger partial charge in [-0.05, 0) is 32.4 Å². The van der Waals surface area contributed by atoms with Gasteiger partial charge < -0.3 is 5.32 Å². The Bertz CT molecular complexity index is 118. The molecule has 0 saturated carbocycles. The molecule has 1 fully saturated rings. The van der Waals surface area contributed by atoms with E-state index in [2.05, 4.69) is 17.1 Å². The molecule has 2 nitrogen and oxygen atoms in total. The molecule has 0 bridgehead atoms. The highest BCUT2D eigenvalue weighted by Gasteiger charge is 2.19. The van der Waals surface area contributed by atoms with Crippen LogP contribution in [0.3, 0.4) is 0 Å². The van der Waals surface area contributed by atoms with E-state index in [1.807, 2.05) is 0 Å². The Kier molecular flexibility index (Phi) is 5.32. The van der Waals surface area contributed by atoms with Gasteiger partial charge in [0, 0.05) is 19.1 Å². The van der Waals surface area contributed by atoms with Crippen molar-refractivity contribution in [2.24, 2.45) is 0 Å². The Hall–Kier alpha value is -0.150. The molecule has 0 spiro atoms. The molecule has 1 N–H and O–H groups in total. The second-order valence-electron chi connectivity index (χ2n) is 3.73. The maximum absolute atomic E-state index is 12.3. The molecule has 0 aromatic carbocycles. The van der Waals surface area contributed by atoms with E-state index in [9.17, 15) is 4.39 Å². The zero-order valence-electron chi connectivity index (χ0n) is 8.56. The molecular formula is C10H21FN2. The summed E-state index contributed by atoms with van der Waals surface area (Å²) in [7, 11) is 0. The average molecular weight is 188 g/mol. The van der Waals surface area contributed by atoms with Gasteiger partial charge in [0.05, 0.1) is 0 Å². The third-order valence-electron chi connectivity index (χ3n) is 2.67. The Balaban J connectivity index is 2.32. The Labute approximate surface area is 80.5 Å². The summed E-state index contributed by atoms with van der Waals surface area (Å²) < 4.78 is 12.3. The molecule has 0 aliphatic carbocycles. The number of hydrogen-bond acceptors (Lipinski definition) is 2. The van der Waals surface area contributed by atoms with Crippen LogP contribution in [-0.2, 0) is 0 Å². The molecular weight excluding hydrogens is 167 g/mol. The van der Waals surface area contributed by atoms with E-state index < -0.39 is 0 Å². The topological polar surface area (TPSA) is 15.3 Å². The summed E-state index contributed by atoms with van der Waals surface area (Å²) in [6.45, 7) is 5.76. The van der Waals surface area contributed by atoms with Gasteiger partial charge in [-0.2, -0.15) is 0 Å². The number of alkyl halides is 1. The van der Waals surface area contributed by atoms with Gasteiger partial charge in [-0.1, -0.05) is 6.92 Å². The van der Waals surface area contributed by atoms with Gasteiger partial charge in [0.15, 0.2) is 0 Å². The SMILES string of the molecule is CCCN(CCF)C1CCCNC1. The smallest absolute Gasteiger partial charge is 0.102 e. The molecule has 3 heteroatoms. The molecule has 0 radical (unpaired) electrons. The van der Waals surface area contributed by atoms with Gasteiger partial charge in [0.1, 0.15) is 6.67 Å². The van der Waals surface area contributed by atoms with Crippen molar-refractivity contribution >= 4 is 0 Å². The molecule has 1 aliphatic heterocycles. The standard InChI is InChI=1S/C10H21FN2/c1-2-7-13(8-5-11)10-4-3-6-12-9-10/h10,12H,2-9H2,1H3. The number of halogens is 1. The van der Waals surface area contributed by atoms with Crippen molar-refractivity contribution in [2.45, 2.75) is 32.2 Å². The Morgan fingerprint density at radius 2 is 2.31 bits per heavy atom. The fraction of sp³-hybridized carbons (Fsp3) is 1.00. The first-order valence-electron chi connectivity index (χ1n) is 5.39. The van der Waals surface area contributed by atoms with Crippen LogP contribution in [0.2, 0.25) is 0 Å². The van der Waals surface area contributed by atoms with E-state index >= 15 is 0 Å². The summed E-state index contributed by atoms with van der Waals surface area (Å²) in [5.74, 6) is 0. The van der Waals surface area contributed by atoms with E-state index in [0.29, 0.717) is 12.6 Å². The van der Waals surface area contributed by atoms with Crippen molar-refractivity contribution in [3.63, 3.8) is 0 Å². The minimum absolute atomic E-state index is 0.212. The number of rotatable bonds is 5. The summed E-state index contributed by atoms with van der Waals surface area (Å²) >= 11 is 0. The van der Waals surface area contributed by atoms with Crippen LogP contribution in [0.5, 0.6) is 0 Å². The molecule has 0 aromatic heterocycles. The number of piperidine rings is 1. The maximum Gasteiger partial charge on any atom is 0.102 e. The summed E-state index contributed by atoms with van der Waals surface area (Å²) in [5, 5.41) is 3.37. The predicted molar refractivity (Wildman–Crippen MR) is 53.7 cm³/mol. The Morgan fingerprint density at radius 3 is 2.85 bits per heavy atom. The molecule has 1 unspecified atom stereocenters. The molecule has 1 rings (SSSR count). The number of hydrogen-bond donors (Lipinski definition) is 1. The molecule has 13 heavy (non-hydrogen) atoms. The van der Waals surface area contributed by atoms with Crippen LogP contribution in [0.15, 0.2) is 0 Å². The highest BCUT2D eigenvalue weighted by atomic mass is 19.1. The van der Waals surface area contributed by atoms with Crippen LogP contribution in [-0.4, -0.2) is 43.8 Å². The van der Waals surface area contributed by atoms with Gasteiger partial charge in [-0.15, -0.1) is 0 Å². The van der Waals surface area contributed by atoms with Crippen LogP contribution < -0.4 is 5.32 Å². The number of nitrogens with one attached hydrogen (secondary N) is 1. The molecule has 0 amide bonds. The van der Waals surface area contributed by atoms with Gasteiger partial charge in [-0.25, -0.2) is 4.39 Å². The first kappa shape index (κ1) is 10.9. The lowest BCUT2D eigenvalue weighted by Gasteiger charge is -2.33. The monoisotopic (exact) mass is 188 g/mol. The van der Waals surface area contributed by atoms with Crippen LogP contribution in [0.4, 0.5) is 4.39 Å². The van der Waals surface area contributed by atoms with Crippen LogP contribution in [0, 0.1) is 0 Å². The van der Waals surface area contributed by atoms with Crippen LogP contribution in [0.25, 0.3) is 0 Å². The van der Waals surface area contributed by atoms with E-state index in [0.717, 1.165) is 26.1 Å². The molecule has 1 aliphatic rings. The lowest BCUT2D eigenvalue weighted by Crippen LogP contribution is -2.47. The molecule has 1 heterocycles. The largest absolute Gasteiger partial charge is 0.315 e. The predicted octanol–water partition coefficient (Wildman–Crippen LogP) is 1.42. The second kappa shape index (κ2) is 6.33. The maximum atomic E-state index is 12.3.